The Morgan fingerprint density at radius 2 is 1.67 bits per heavy atom. The maximum Gasteiger partial charge on any atom is 0.248 e. The summed E-state index contributed by atoms with van der Waals surface area (Å²) in [5.41, 5.74) is 6.16. The molecule has 0 saturated carbocycles. The van der Waals surface area contributed by atoms with Gasteiger partial charge in [0.2, 0.25) is 17.7 Å². The van der Waals surface area contributed by atoms with Crippen LogP contribution in [0.25, 0.3) is 0 Å². The Morgan fingerprint density at radius 3 is 2.17 bits per heavy atom. The van der Waals surface area contributed by atoms with Crippen molar-refractivity contribution in [2.45, 2.75) is 20.3 Å². The third-order valence-electron chi connectivity index (χ3n) is 3.70. The fourth-order valence-corrected chi connectivity index (χ4v) is 2.22. The molecule has 0 saturated heterocycles. The second-order valence-electron chi connectivity index (χ2n) is 5.54. The van der Waals surface area contributed by atoms with Gasteiger partial charge in [-0.25, -0.2) is 0 Å². The molecule has 0 aliphatic carbocycles. The number of anilines is 1. The largest absolute Gasteiger partial charge is 0.366 e. The summed E-state index contributed by atoms with van der Waals surface area (Å²) in [5, 5.41) is 2.75. The number of nitrogens with zero attached hydrogens (tertiary/aromatic N) is 2. The van der Waals surface area contributed by atoms with Gasteiger partial charge in [-0.3, -0.25) is 19.3 Å². The van der Waals surface area contributed by atoms with Crippen molar-refractivity contribution in [3.8, 4) is 0 Å². The Balaban J connectivity index is 2.40. The first-order valence-corrected chi connectivity index (χ1v) is 8.03. The van der Waals surface area contributed by atoms with E-state index in [-0.39, 0.29) is 18.2 Å². The predicted molar refractivity (Wildman–Crippen MR) is 93.6 cm³/mol. The van der Waals surface area contributed by atoms with Crippen molar-refractivity contribution in [3.63, 3.8) is 0 Å². The van der Waals surface area contributed by atoms with Crippen LogP contribution in [0.1, 0.15) is 30.6 Å². The number of nitrogens with one attached hydrogen (secondary N) is 1. The summed E-state index contributed by atoms with van der Waals surface area (Å²) in [6, 6.07) is 6.39. The molecule has 0 fully saturated rings. The molecule has 0 spiro atoms. The van der Waals surface area contributed by atoms with Crippen LogP contribution < -0.4 is 11.1 Å². The van der Waals surface area contributed by atoms with E-state index < -0.39 is 5.91 Å². The minimum absolute atomic E-state index is 0.0601. The second-order valence-corrected chi connectivity index (χ2v) is 5.54. The lowest BCUT2D eigenvalue weighted by atomic mass is 10.2. The van der Waals surface area contributed by atoms with Crippen LogP contribution in [0.3, 0.4) is 0 Å². The number of benzene rings is 1. The topological polar surface area (TPSA) is 95.7 Å². The highest BCUT2D eigenvalue weighted by Crippen LogP contribution is 2.09. The normalized spacial score (nSPS) is 10.5. The predicted octanol–water partition coefficient (Wildman–Crippen LogP) is 0.914. The first kappa shape index (κ1) is 19.6. The molecule has 1 aromatic carbocycles. The Kier molecular flexibility index (Phi) is 7.91. The Morgan fingerprint density at radius 1 is 1.08 bits per heavy atom. The number of nitrogens with two attached hydrogens (primary N) is 1. The summed E-state index contributed by atoms with van der Waals surface area (Å²) in [4.78, 5) is 38.5. The van der Waals surface area contributed by atoms with Crippen LogP contribution >= 0.6 is 0 Å². The molecule has 0 heterocycles. The van der Waals surface area contributed by atoms with Crippen LogP contribution in [-0.4, -0.2) is 60.7 Å². The van der Waals surface area contributed by atoms with Crippen LogP contribution in [0.5, 0.6) is 0 Å². The van der Waals surface area contributed by atoms with Gasteiger partial charge in [0.1, 0.15) is 0 Å². The number of primary amides is 1. The van der Waals surface area contributed by atoms with Gasteiger partial charge in [0.15, 0.2) is 0 Å². The molecular formula is C17H26N4O3. The number of carbonyl (C=O) groups excluding carboxylic acids is 3. The van der Waals surface area contributed by atoms with Crippen LogP contribution in [0, 0.1) is 0 Å². The van der Waals surface area contributed by atoms with Gasteiger partial charge in [-0.1, -0.05) is 0 Å². The van der Waals surface area contributed by atoms with Gasteiger partial charge in [0.05, 0.1) is 6.54 Å². The quantitative estimate of drug-likeness (QED) is 0.702. The molecule has 0 bridgehead atoms. The van der Waals surface area contributed by atoms with Crippen LogP contribution in [0.15, 0.2) is 24.3 Å². The molecule has 0 aliphatic heterocycles. The first-order chi connectivity index (χ1) is 11.4. The van der Waals surface area contributed by atoms with Crippen LogP contribution in [-0.2, 0) is 9.59 Å². The summed E-state index contributed by atoms with van der Waals surface area (Å²) < 4.78 is 0. The molecule has 0 unspecified atom stereocenters. The molecule has 1 aromatic rings. The molecule has 0 aromatic heterocycles. The SMILES string of the molecule is CCN(CC)C(=O)CN(C)CCC(=O)Nc1ccc(C(N)=O)cc1. The highest BCUT2D eigenvalue weighted by atomic mass is 16.2. The summed E-state index contributed by atoms with van der Waals surface area (Å²) in [5.74, 6) is -0.596. The third-order valence-corrected chi connectivity index (χ3v) is 3.70. The lowest BCUT2D eigenvalue weighted by Crippen LogP contribution is -2.39. The summed E-state index contributed by atoms with van der Waals surface area (Å²) in [7, 11) is 1.82. The number of amides is 3. The van der Waals surface area contributed by atoms with E-state index in [1.807, 2.05) is 25.8 Å². The van der Waals surface area contributed by atoms with Crippen molar-refractivity contribution in [2.24, 2.45) is 5.73 Å². The maximum absolute atomic E-state index is 12.0. The van der Waals surface area contributed by atoms with Crippen molar-refractivity contribution in [3.05, 3.63) is 29.8 Å². The average Bonchev–Trinajstić information content (AvgIpc) is 2.54. The van der Waals surface area contributed by atoms with Crippen molar-refractivity contribution < 1.29 is 14.4 Å². The zero-order chi connectivity index (χ0) is 18.1. The van der Waals surface area contributed by atoms with E-state index in [1.165, 1.54) is 0 Å². The summed E-state index contributed by atoms with van der Waals surface area (Å²) in [6.07, 6.45) is 0.277. The number of carbonyl (C=O) groups is 3. The molecule has 3 N–H and O–H groups in total. The molecule has 1 rings (SSSR count). The number of hydrogen-bond acceptors (Lipinski definition) is 4. The van der Waals surface area contributed by atoms with E-state index in [4.69, 9.17) is 5.73 Å². The van der Waals surface area contributed by atoms with Crippen molar-refractivity contribution in [1.29, 1.82) is 0 Å². The highest BCUT2D eigenvalue weighted by molar-refractivity contribution is 5.94. The average molecular weight is 334 g/mol. The monoisotopic (exact) mass is 334 g/mol. The third kappa shape index (κ3) is 6.37. The number of likely N-dealkylation sites (N-methyl/N-ethyl adjacent to an activating group) is 2. The lowest BCUT2D eigenvalue weighted by molar-refractivity contribution is -0.132. The second kappa shape index (κ2) is 9.67. The Labute approximate surface area is 142 Å². The van der Waals surface area contributed by atoms with Crippen LogP contribution in [0.2, 0.25) is 0 Å². The molecule has 24 heavy (non-hydrogen) atoms. The van der Waals surface area contributed by atoms with Gasteiger partial charge in [0, 0.05) is 37.3 Å². The fraction of sp³-hybridized carbons (Fsp3) is 0.471. The maximum atomic E-state index is 12.0. The molecular weight excluding hydrogens is 308 g/mol. The molecule has 0 aliphatic rings. The number of hydrogen-bond donors (Lipinski definition) is 2. The summed E-state index contributed by atoms with van der Waals surface area (Å²) >= 11 is 0. The van der Waals surface area contributed by atoms with Crippen molar-refractivity contribution >= 4 is 23.4 Å². The Hall–Kier alpha value is -2.41. The molecule has 7 nitrogen and oxygen atoms in total. The van der Waals surface area contributed by atoms with Crippen molar-refractivity contribution in [1.82, 2.24) is 9.80 Å². The zero-order valence-electron chi connectivity index (χ0n) is 14.5. The smallest absolute Gasteiger partial charge is 0.248 e. The minimum atomic E-state index is -0.507. The van der Waals surface area contributed by atoms with Gasteiger partial charge in [-0.15, -0.1) is 0 Å². The molecule has 0 radical (unpaired) electrons. The minimum Gasteiger partial charge on any atom is -0.366 e. The standard InChI is InChI=1S/C17H26N4O3/c1-4-21(5-2)16(23)12-20(3)11-10-15(22)19-14-8-6-13(7-9-14)17(18)24/h6-9H,4-5,10-12H2,1-3H3,(H2,18,24)(H,19,22). The van der Waals surface area contributed by atoms with Crippen molar-refractivity contribution in [2.75, 3.05) is 38.5 Å². The van der Waals surface area contributed by atoms with Gasteiger partial charge in [-0.05, 0) is 45.2 Å². The van der Waals surface area contributed by atoms with E-state index in [0.717, 1.165) is 0 Å². The van der Waals surface area contributed by atoms with E-state index in [2.05, 4.69) is 5.32 Å². The Bertz CT molecular complexity index is 568. The number of rotatable bonds is 9. The summed E-state index contributed by atoms with van der Waals surface area (Å²) in [6.45, 7) is 6.03. The van der Waals surface area contributed by atoms with Gasteiger partial charge in [-0.2, -0.15) is 0 Å². The van der Waals surface area contributed by atoms with Crippen LogP contribution in [0.4, 0.5) is 5.69 Å². The van der Waals surface area contributed by atoms with E-state index >= 15 is 0 Å². The van der Waals surface area contributed by atoms with Gasteiger partial charge in [0.25, 0.3) is 0 Å². The molecule has 3 amide bonds. The van der Waals surface area contributed by atoms with E-state index in [0.29, 0.717) is 37.4 Å². The molecule has 132 valence electrons. The molecule has 0 atom stereocenters. The fourth-order valence-electron chi connectivity index (χ4n) is 2.22. The lowest BCUT2D eigenvalue weighted by Gasteiger charge is -2.22. The van der Waals surface area contributed by atoms with Gasteiger partial charge < -0.3 is 16.0 Å². The zero-order valence-corrected chi connectivity index (χ0v) is 14.5. The highest BCUT2D eigenvalue weighted by Gasteiger charge is 2.13. The first-order valence-electron chi connectivity index (χ1n) is 8.03. The van der Waals surface area contributed by atoms with Gasteiger partial charge >= 0.3 is 0 Å². The molecule has 7 heteroatoms. The van der Waals surface area contributed by atoms with E-state index in [9.17, 15) is 14.4 Å². The van der Waals surface area contributed by atoms with E-state index in [1.54, 1.807) is 29.2 Å².